The van der Waals surface area contributed by atoms with Crippen molar-refractivity contribution in [3.63, 3.8) is 0 Å². The molecule has 0 aliphatic heterocycles. The summed E-state index contributed by atoms with van der Waals surface area (Å²) in [4.78, 5) is 12.1. The highest BCUT2D eigenvalue weighted by atomic mass is 35.5. The van der Waals surface area contributed by atoms with E-state index in [0.29, 0.717) is 22.6 Å². The van der Waals surface area contributed by atoms with Gasteiger partial charge in [-0.3, -0.25) is 0 Å². The molecule has 1 aliphatic rings. The highest BCUT2D eigenvalue weighted by Crippen LogP contribution is 2.38. The van der Waals surface area contributed by atoms with Gasteiger partial charge in [0.05, 0.1) is 6.61 Å². The van der Waals surface area contributed by atoms with Crippen LogP contribution >= 0.6 is 23.4 Å². The summed E-state index contributed by atoms with van der Waals surface area (Å²) >= 11 is 7.27. The number of carboxylic acids is 1. The smallest absolute Gasteiger partial charge is 0.359 e. The first-order valence-electron chi connectivity index (χ1n) is 9.45. The number of nitrogens with one attached hydrogen (secondary N) is 1. The topological polar surface area (TPSA) is 88.1 Å². The van der Waals surface area contributed by atoms with Gasteiger partial charge in [-0.05, 0) is 54.7 Å². The van der Waals surface area contributed by atoms with Crippen LogP contribution in [0.4, 0.5) is 0 Å². The van der Waals surface area contributed by atoms with E-state index in [1.54, 1.807) is 0 Å². The fourth-order valence-electron chi connectivity index (χ4n) is 3.48. The first kappa shape index (κ1) is 19.8. The molecule has 8 heteroatoms. The molecule has 2 aromatic carbocycles. The summed E-state index contributed by atoms with van der Waals surface area (Å²) in [5, 5.41) is 20.3. The van der Waals surface area contributed by atoms with Crippen molar-refractivity contribution in [2.24, 2.45) is 5.92 Å². The van der Waals surface area contributed by atoms with Crippen molar-refractivity contribution in [3.8, 4) is 16.9 Å². The van der Waals surface area contributed by atoms with Gasteiger partial charge < -0.3 is 9.84 Å². The van der Waals surface area contributed by atoms with E-state index < -0.39 is 5.97 Å². The molecule has 3 aromatic rings. The van der Waals surface area contributed by atoms with Crippen LogP contribution in [0.1, 0.15) is 36.2 Å². The van der Waals surface area contributed by atoms with Crippen molar-refractivity contribution >= 4 is 29.3 Å². The Kier molecular flexibility index (Phi) is 6.06. The predicted molar refractivity (Wildman–Crippen MR) is 112 cm³/mol. The van der Waals surface area contributed by atoms with Crippen LogP contribution in [0.5, 0.6) is 5.75 Å². The van der Waals surface area contributed by atoms with Crippen molar-refractivity contribution in [3.05, 3.63) is 53.2 Å². The summed E-state index contributed by atoms with van der Waals surface area (Å²) < 4.78 is 6.24. The number of H-pyrrole nitrogens is 1. The number of halogens is 1. The number of hydrogen-bond donors (Lipinski definition) is 2. The summed E-state index contributed by atoms with van der Waals surface area (Å²) in [6.07, 6.45) is 4.92. The molecule has 0 amide bonds. The molecule has 1 aromatic heterocycles. The summed E-state index contributed by atoms with van der Waals surface area (Å²) in [6.45, 7) is 0.680. The van der Waals surface area contributed by atoms with Crippen molar-refractivity contribution < 1.29 is 14.6 Å². The Labute approximate surface area is 177 Å². The number of aromatic amines is 1. The third-order valence-electron chi connectivity index (χ3n) is 4.99. The lowest BCUT2D eigenvalue weighted by atomic mass is 10.0. The third-order valence-corrected chi connectivity index (χ3v) is 6.21. The first-order chi connectivity index (χ1) is 14.1. The summed E-state index contributed by atoms with van der Waals surface area (Å²) in [5.41, 5.74) is 1.90. The maximum Gasteiger partial charge on any atom is 0.359 e. The standard InChI is InChI=1S/C21H20ClN3O3S/c22-15-7-5-14(6-8-15)17-10-9-16(29-20-19(21(26)27)23-25-24-20)11-18(17)28-12-13-3-1-2-4-13/h5-11,13H,1-4,12H2,(H,26,27)(H,23,24,25). The molecule has 0 unspecified atom stereocenters. The average Bonchev–Trinajstić information content (AvgIpc) is 3.39. The number of nitrogens with zero attached hydrogens (tertiary/aromatic N) is 2. The number of aromatic nitrogens is 3. The molecule has 0 spiro atoms. The van der Waals surface area contributed by atoms with E-state index in [2.05, 4.69) is 15.4 Å². The Balaban J connectivity index is 1.63. The van der Waals surface area contributed by atoms with Crippen LogP contribution in [0.25, 0.3) is 11.1 Å². The van der Waals surface area contributed by atoms with Crippen LogP contribution in [-0.2, 0) is 0 Å². The quantitative estimate of drug-likeness (QED) is 0.512. The average molecular weight is 430 g/mol. The number of rotatable bonds is 7. The van der Waals surface area contributed by atoms with Crippen LogP contribution < -0.4 is 4.74 Å². The van der Waals surface area contributed by atoms with E-state index in [9.17, 15) is 9.90 Å². The van der Waals surface area contributed by atoms with Gasteiger partial charge in [0.2, 0.25) is 5.69 Å². The summed E-state index contributed by atoms with van der Waals surface area (Å²) in [6, 6.07) is 13.5. The van der Waals surface area contributed by atoms with Gasteiger partial charge in [-0.25, -0.2) is 4.79 Å². The second-order valence-corrected chi connectivity index (χ2v) is 8.51. The molecule has 0 saturated heterocycles. The van der Waals surface area contributed by atoms with Gasteiger partial charge in [-0.1, -0.05) is 48.3 Å². The van der Waals surface area contributed by atoms with Gasteiger partial charge in [0.25, 0.3) is 0 Å². The molecule has 1 aliphatic carbocycles. The van der Waals surface area contributed by atoms with Crippen LogP contribution in [0.15, 0.2) is 52.4 Å². The maximum atomic E-state index is 11.3. The van der Waals surface area contributed by atoms with Gasteiger partial charge >= 0.3 is 5.97 Å². The van der Waals surface area contributed by atoms with E-state index in [-0.39, 0.29) is 5.69 Å². The minimum absolute atomic E-state index is 0.0924. The molecule has 6 nitrogen and oxygen atoms in total. The minimum Gasteiger partial charge on any atom is -0.493 e. The predicted octanol–water partition coefficient (Wildman–Crippen LogP) is 5.54. The summed E-state index contributed by atoms with van der Waals surface area (Å²) in [5.74, 6) is 0.236. The fraction of sp³-hybridized carbons (Fsp3) is 0.286. The van der Waals surface area contributed by atoms with Crippen LogP contribution in [0, 0.1) is 5.92 Å². The normalized spacial score (nSPS) is 14.2. The Hall–Kier alpha value is -2.51. The Morgan fingerprint density at radius 1 is 1.17 bits per heavy atom. The van der Waals surface area contributed by atoms with Crippen LogP contribution in [0.3, 0.4) is 0 Å². The van der Waals surface area contributed by atoms with Crippen molar-refractivity contribution in [1.29, 1.82) is 0 Å². The third kappa shape index (κ3) is 4.74. The minimum atomic E-state index is -1.11. The molecule has 2 N–H and O–H groups in total. The van der Waals surface area contributed by atoms with Crippen molar-refractivity contribution in [2.75, 3.05) is 6.61 Å². The molecule has 1 saturated carbocycles. The molecular weight excluding hydrogens is 410 g/mol. The fourth-order valence-corrected chi connectivity index (χ4v) is 4.45. The number of ether oxygens (including phenoxy) is 1. The van der Waals surface area contributed by atoms with E-state index in [1.165, 1.54) is 37.4 Å². The van der Waals surface area contributed by atoms with Crippen molar-refractivity contribution in [1.82, 2.24) is 15.4 Å². The highest BCUT2D eigenvalue weighted by Gasteiger charge is 2.19. The largest absolute Gasteiger partial charge is 0.493 e. The highest BCUT2D eigenvalue weighted by molar-refractivity contribution is 7.99. The lowest BCUT2D eigenvalue weighted by molar-refractivity contribution is 0.0686. The zero-order valence-electron chi connectivity index (χ0n) is 15.6. The maximum absolute atomic E-state index is 11.3. The summed E-state index contributed by atoms with van der Waals surface area (Å²) in [7, 11) is 0. The van der Waals surface area contributed by atoms with Gasteiger partial charge in [0, 0.05) is 15.5 Å². The molecule has 0 bridgehead atoms. The SMILES string of the molecule is O=C(O)c1n[nH]nc1Sc1ccc(-c2ccc(Cl)cc2)c(OCC2CCCC2)c1. The molecule has 1 fully saturated rings. The molecular formula is C21H20ClN3O3S. The number of carbonyl (C=O) groups is 1. The first-order valence-corrected chi connectivity index (χ1v) is 10.6. The van der Waals surface area contributed by atoms with E-state index in [1.807, 2.05) is 42.5 Å². The number of aromatic carboxylic acids is 1. The molecule has 29 heavy (non-hydrogen) atoms. The number of carboxylic acid groups (broad SMARTS) is 1. The van der Waals surface area contributed by atoms with Gasteiger partial charge in [-0.15, -0.1) is 10.2 Å². The second kappa shape index (κ2) is 8.88. The lowest BCUT2D eigenvalue weighted by Crippen LogP contribution is -2.08. The van der Waals surface area contributed by atoms with E-state index >= 15 is 0 Å². The number of hydrogen-bond acceptors (Lipinski definition) is 5. The van der Waals surface area contributed by atoms with E-state index in [4.69, 9.17) is 16.3 Å². The van der Waals surface area contributed by atoms with E-state index in [0.717, 1.165) is 21.8 Å². The molecule has 0 atom stereocenters. The lowest BCUT2D eigenvalue weighted by Gasteiger charge is -2.16. The Morgan fingerprint density at radius 2 is 1.93 bits per heavy atom. The second-order valence-electron chi connectivity index (χ2n) is 7.01. The zero-order chi connectivity index (χ0) is 20.2. The molecule has 0 radical (unpaired) electrons. The van der Waals surface area contributed by atoms with Crippen LogP contribution in [-0.4, -0.2) is 33.1 Å². The Morgan fingerprint density at radius 3 is 2.66 bits per heavy atom. The van der Waals surface area contributed by atoms with Gasteiger partial charge in [0.15, 0.2) is 5.03 Å². The molecule has 4 rings (SSSR count). The van der Waals surface area contributed by atoms with Crippen molar-refractivity contribution in [2.45, 2.75) is 35.6 Å². The van der Waals surface area contributed by atoms with Gasteiger partial charge in [-0.2, -0.15) is 5.21 Å². The van der Waals surface area contributed by atoms with Gasteiger partial charge in [0.1, 0.15) is 5.75 Å². The monoisotopic (exact) mass is 429 g/mol. The molecule has 150 valence electrons. The Bertz CT molecular complexity index is 1000. The number of benzene rings is 2. The zero-order valence-corrected chi connectivity index (χ0v) is 17.2. The molecule has 1 heterocycles. The van der Waals surface area contributed by atoms with Crippen LogP contribution in [0.2, 0.25) is 5.02 Å².